The van der Waals surface area contributed by atoms with E-state index in [0.717, 1.165) is 0 Å². The number of ether oxygens (including phenoxy) is 3. The number of carbonyl (C=O) groups is 2. The highest BCUT2D eigenvalue weighted by molar-refractivity contribution is 6.74. The van der Waals surface area contributed by atoms with Crippen molar-refractivity contribution in [2.24, 2.45) is 11.5 Å². The quantitative estimate of drug-likeness (QED) is 0.180. The van der Waals surface area contributed by atoms with Crippen LogP contribution in [0.5, 0.6) is 0 Å². The van der Waals surface area contributed by atoms with Crippen molar-refractivity contribution in [1.29, 1.82) is 0 Å². The fraction of sp³-hybridized carbons (Fsp3) is 0.727. The first-order chi connectivity index (χ1) is 13.6. The maximum atomic E-state index is 12.6. The maximum absolute atomic E-state index is 12.6. The molecule has 0 aromatic rings. The molecule has 0 aromatic carbocycles. The number of esters is 2. The third kappa shape index (κ3) is 9.24. The normalized spacial score (nSPS) is 14.8. The van der Waals surface area contributed by atoms with Crippen molar-refractivity contribution in [3.05, 3.63) is 22.9 Å². The zero-order valence-corrected chi connectivity index (χ0v) is 22.3. The number of hydrogen-bond donors (Lipinski definition) is 2. The van der Waals surface area contributed by atoms with Gasteiger partial charge in [-0.25, -0.2) is 9.59 Å². The van der Waals surface area contributed by atoms with Crippen molar-refractivity contribution in [3.63, 3.8) is 0 Å². The molecule has 8 nitrogen and oxygen atoms in total. The summed E-state index contributed by atoms with van der Waals surface area (Å²) in [6.07, 6.45) is 0.297. The molecule has 0 aliphatic carbocycles. The predicted molar refractivity (Wildman–Crippen MR) is 124 cm³/mol. The Labute approximate surface area is 188 Å². The fourth-order valence-corrected chi connectivity index (χ4v) is 3.28. The van der Waals surface area contributed by atoms with E-state index >= 15 is 0 Å². The zero-order chi connectivity index (χ0) is 25.0. The van der Waals surface area contributed by atoms with Gasteiger partial charge in [0.25, 0.3) is 0 Å². The summed E-state index contributed by atoms with van der Waals surface area (Å²) in [6, 6.07) is 0. The van der Waals surface area contributed by atoms with E-state index < -0.39 is 31.6 Å². The Balaban J connectivity index is 5.52. The first-order valence-corrected chi connectivity index (χ1v) is 13.3. The summed E-state index contributed by atoms with van der Waals surface area (Å²) in [5, 5.41) is -0.0547. The molecule has 31 heavy (non-hydrogen) atoms. The van der Waals surface area contributed by atoms with Crippen LogP contribution in [-0.2, 0) is 28.2 Å². The summed E-state index contributed by atoms with van der Waals surface area (Å²) in [6.45, 7) is 22.0. The number of nitrogens with two attached hydrogens (primary N) is 2. The lowest BCUT2D eigenvalue weighted by molar-refractivity contribution is -0.199. The highest BCUT2D eigenvalue weighted by Crippen LogP contribution is 2.38. The minimum Gasteiger partial charge on any atom is -0.545 e. The second-order valence-electron chi connectivity index (χ2n) is 10.4. The lowest BCUT2D eigenvalue weighted by Crippen LogP contribution is -2.41. The fourth-order valence-electron chi connectivity index (χ4n) is 2.09. The van der Waals surface area contributed by atoms with Gasteiger partial charge in [0.05, 0.1) is 0 Å². The molecule has 0 radical (unpaired) electrons. The van der Waals surface area contributed by atoms with Crippen LogP contribution in [0, 0.1) is 0 Å². The number of hydrogen-bond acceptors (Lipinski definition) is 8. The third-order valence-corrected chi connectivity index (χ3v) is 9.19. The summed E-state index contributed by atoms with van der Waals surface area (Å²) < 4.78 is 22.5. The molecular formula is C22H42N2O6Si. The van der Waals surface area contributed by atoms with Crippen LogP contribution in [0.3, 0.4) is 0 Å². The van der Waals surface area contributed by atoms with E-state index in [4.69, 9.17) is 30.1 Å². The molecule has 0 saturated heterocycles. The van der Waals surface area contributed by atoms with Gasteiger partial charge in [0.2, 0.25) is 14.1 Å². The van der Waals surface area contributed by atoms with Crippen LogP contribution in [0.2, 0.25) is 18.1 Å². The van der Waals surface area contributed by atoms with Gasteiger partial charge in [-0.3, -0.25) is 0 Å². The summed E-state index contributed by atoms with van der Waals surface area (Å²) in [4.78, 5) is 24.9. The minimum atomic E-state index is -2.17. The van der Waals surface area contributed by atoms with Crippen LogP contribution < -0.4 is 11.5 Å². The Bertz CT molecular complexity index is 740. The molecule has 0 saturated carbocycles. The molecule has 0 unspecified atom stereocenters. The Morgan fingerprint density at radius 2 is 1.26 bits per heavy atom. The average molecular weight is 459 g/mol. The van der Waals surface area contributed by atoms with Crippen molar-refractivity contribution in [1.82, 2.24) is 0 Å². The third-order valence-electron chi connectivity index (χ3n) is 4.76. The van der Waals surface area contributed by atoms with Gasteiger partial charge in [0, 0.05) is 20.3 Å². The van der Waals surface area contributed by atoms with Gasteiger partial charge in [-0.15, -0.1) is 0 Å². The predicted octanol–water partition coefficient (Wildman–Crippen LogP) is 4.42. The highest BCUT2D eigenvalue weighted by atomic mass is 28.4. The number of carbonyl (C=O) groups excluding carboxylic acids is 2. The molecule has 0 aromatic heterocycles. The van der Waals surface area contributed by atoms with Gasteiger partial charge in [-0.1, -0.05) is 27.7 Å². The maximum Gasteiger partial charge on any atom is 0.360 e. The summed E-state index contributed by atoms with van der Waals surface area (Å²) >= 11 is 0. The SMILES string of the molecule is CC/C(OC(C)(C)OC(=O)/C(N)=C(/C)O[Si](C)(C)C(C)(C)C)=C(\N)C(=O)OC(C)(C)C. The molecule has 4 N–H and O–H groups in total. The van der Waals surface area contributed by atoms with Crippen LogP contribution >= 0.6 is 0 Å². The van der Waals surface area contributed by atoms with E-state index in [2.05, 4.69) is 33.9 Å². The van der Waals surface area contributed by atoms with Crippen molar-refractivity contribution in [3.8, 4) is 0 Å². The molecule has 0 aliphatic rings. The molecule has 9 heteroatoms. The molecular weight excluding hydrogens is 416 g/mol. The van der Waals surface area contributed by atoms with Crippen molar-refractivity contribution in [2.45, 2.75) is 105 Å². The monoisotopic (exact) mass is 458 g/mol. The molecule has 0 bridgehead atoms. The molecule has 180 valence electrons. The second kappa shape index (κ2) is 9.97. The molecule has 0 amide bonds. The molecule has 0 aliphatic heterocycles. The van der Waals surface area contributed by atoms with E-state index in [1.807, 2.05) is 0 Å². The van der Waals surface area contributed by atoms with Crippen LogP contribution in [0.4, 0.5) is 0 Å². The van der Waals surface area contributed by atoms with E-state index in [9.17, 15) is 9.59 Å². The van der Waals surface area contributed by atoms with Gasteiger partial charge in [0.1, 0.15) is 17.1 Å². The Kier molecular flexibility index (Phi) is 9.28. The molecule has 0 heterocycles. The molecule has 0 rings (SSSR count). The Morgan fingerprint density at radius 3 is 1.65 bits per heavy atom. The van der Waals surface area contributed by atoms with Crippen LogP contribution in [0.15, 0.2) is 22.9 Å². The first kappa shape index (κ1) is 28.8. The summed E-state index contributed by atoms with van der Waals surface area (Å²) in [5.74, 6) is -2.45. The van der Waals surface area contributed by atoms with E-state index in [1.165, 1.54) is 13.8 Å². The average Bonchev–Trinajstić information content (AvgIpc) is 2.54. The summed E-state index contributed by atoms with van der Waals surface area (Å²) in [7, 11) is -2.17. The van der Waals surface area contributed by atoms with Crippen molar-refractivity contribution >= 4 is 20.3 Å². The van der Waals surface area contributed by atoms with Gasteiger partial charge >= 0.3 is 11.9 Å². The van der Waals surface area contributed by atoms with Gasteiger partial charge < -0.3 is 30.1 Å². The van der Waals surface area contributed by atoms with Gasteiger partial charge in [-0.05, 0) is 45.8 Å². The number of rotatable bonds is 8. The highest BCUT2D eigenvalue weighted by Gasteiger charge is 2.40. The minimum absolute atomic E-state index is 0.0547. The van der Waals surface area contributed by atoms with Crippen LogP contribution in [0.1, 0.15) is 75.7 Å². The second-order valence-corrected chi connectivity index (χ2v) is 15.1. The van der Waals surface area contributed by atoms with E-state index in [-0.39, 0.29) is 22.2 Å². The lowest BCUT2D eigenvalue weighted by Gasteiger charge is -2.37. The van der Waals surface area contributed by atoms with Crippen molar-refractivity contribution < 1.29 is 28.2 Å². The largest absolute Gasteiger partial charge is 0.545 e. The van der Waals surface area contributed by atoms with E-state index in [0.29, 0.717) is 12.2 Å². The number of allylic oxidation sites excluding steroid dienone is 2. The van der Waals surface area contributed by atoms with Crippen molar-refractivity contribution in [2.75, 3.05) is 0 Å². The first-order valence-electron chi connectivity index (χ1n) is 10.4. The Morgan fingerprint density at radius 1 is 0.806 bits per heavy atom. The zero-order valence-electron chi connectivity index (χ0n) is 21.3. The van der Waals surface area contributed by atoms with Crippen LogP contribution in [0.25, 0.3) is 0 Å². The standard InChI is InChI=1S/C22H42N2O6Si/c1-13-15(17(24)19(26)28-20(3,4)5)27-22(9,10)29-18(25)16(23)14(2)30-31(11,12)21(6,7)8/h13,23-24H2,1-12H3/b16-14+,17-15+. The molecule has 0 atom stereocenters. The van der Waals surface area contributed by atoms with Crippen LogP contribution in [-0.4, -0.2) is 31.6 Å². The lowest BCUT2D eigenvalue weighted by atomic mass is 10.2. The van der Waals surface area contributed by atoms with Gasteiger partial charge in [0.15, 0.2) is 11.4 Å². The topological polar surface area (TPSA) is 123 Å². The van der Waals surface area contributed by atoms with Gasteiger partial charge in [-0.2, -0.15) is 0 Å². The Hall–Kier alpha value is -2.16. The molecule has 0 spiro atoms. The molecule has 0 fully saturated rings. The van der Waals surface area contributed by atoms with E-state index in [1.54, 1.807) is 34.6 Å². The smallest absolute Gasteiger partial charge is 0.360 e. The summed E-state index contributed by atoms with van der Waals surface area (Å²) in [5.41, 5.74) is 10.9.